The number of hydrogen-bond donors (Lipinski definition) is 6. The number of carbonyl (C=O) groups excluding carboxylic acids is 3. The number of phenols is 1. The third kappa shape index (κ3) is 7.44. The number of nitrogens with zero attached hydrogens (tertiary/aromatic N) is 1. The number of carbonyl (C=O) groups is 5. The number of phenolic OH excluding ortho intramolecular Hbond substituents is 1. The molecule has 0 spiro atoms. The molecule has 1 saturated heterocycles. The molecule has 1 fully saturated rings. The van der Waals surface area contributed by atoms with E-state index in [0.29, 0.717) is 18.4 Å². The molecule has 1 aromatic carbocycles. The molecule has 1 aliphatic rings. The van der Waals surface area contributed by atoms with E-state index >= 15 is 0 Å². The van der Waals surface area contributed by atoms with Crippen LogP contribution in [0.5, 0.6) is 5.75 Å². The highest BCUT2D eigenvalue weighted by atomic mass is 16.4. The lowest BCUT2D eigenvalue weighted by Gasteiger charge is -2.28. The molecule has 1 aliphatic heterocycles. The average molecular weight is 479 g/mol. The first-order valence-corrected chi connectivity index (χ1v) is 10.9. The molecule has 2 rings (SSSR count). The topological polar surface area (TPSA) is 199 Å². The van der Waals surface area contributed by atoms with Crippen LogP contribution >= 0.6 is 0 Å². The zero-order valence-corrected chi connectivity index (χ0v) is 18.8. The summed E-state index contributed by atoms with van der Waals surface area (Å²) in [5.41, 5.74) is 6.44. The molecule has 1 aromatic rings. The van der Waals surface area contributed by atoms with E-state index in [1.165, 1.54) is 24.0 Å². The van der Waals surface area contributed by atoms with Crippen molar-refractivity contribution in [3.63, 3.8) is 0 Å². The molecule has 3 amide bonds. The number of aliphatic carboxylic acids is 2. The Morgan fingerprint density at radius 2 is 1.76 bits per heavy atom. The molecule has 4 atom stereocenters. The molecule has 0 bridgehead atoms. The zero-order chi connectivity index (χ0) is 25.4. The number of nitrogens with two attached hydrogens (primary N) is 1. The number of rotatable bonds is 11. The van der Waals surface area contributed by atoms with E-state index in [0.717, 1.165) is 0 Å². The van der Waals surface area contributed by atoms with Crippen molar-refractivity contribution in [2.75, 3.05) is 6.54 Å². The van der Waals surface area contributed by atoms with E-state index in [1.54, 1.807) is 12.1 Å². The van der Waals surface area contributed by atoms with Crippen molar-refractivity contribution in [1.29, 1.82) is 0 Å². The Hall–Kier alpha value is -3.67. The maximum Gasteiger partial charge on any atom is 0.325 e. The summed E-state index contributed by atoms with van der Waals surface area (Å²) in [4.78, 5) is 61.7. The van der Waals surface area contributed by atoms with Crippen molar-refractivity contribution in [1.82, 2.24) is 15.5 Å². The van der Waals surface area contributed by atoms with Gasteiger partial charge in [0.2, 0.25) is 17.7 Å². The van der Waals surface area contributed by atoms with Crippen molar-refractivity contribution in [3.8, 4) is 5.75 Å². The highest BCUT2D eigenvalue weighted by molar-refractivity contribution is 5.94. The predicted molar refractivity (Wildman–Crippen MR) is 119 cm³/mol. The number of carboxylic acids is 2. The first-order chi connectivity index (χ1) is 16.0. The van der Waals surface area contributed by atoms with Gasteiger partial charge in [-0.15, -0.1) is 0 Å². The number of carboxylic acid groups (broad SMARTS) is 2. The fraction of sp³-hybridized carbons (Fsp3) is 0.500. The van der Waals surface area contributed by atoms with Crippen molar-refractivity contribution in [3.05, 3.63) is 29.8 Å². The van der Waals surface area contributed by atoms with Crippen LogP contribution in [0, 0.1) is 0 Å². The first-order valence-electron chi connectivity index (χ1n) is 10.9. The summed E-state index contributed by atoms with van der Waals surface area (Å²) in [6.45, 7) is 1.55. The molecule has 34 heavy (non-hydrogen) atoms. The van der Waals surface area contributed by atoms with Gasteiger partial charge in [0.1, 0.15) is 23.9 Å². The van der Waals surface area contributed by atoms with Crippen molar-refractivity contribution in [2.45, 2.75) is 63.2 Å². The van der Waals surface area contributed by atoms with Crippen LogP contribution < -0.4 is 16.4 Å². The molecular weight excluding hydrogens is 448 g/mol. The van der Waals surface area contributed by atoms with Crippen LogP contribution in [-0.2, 0) is 30.4 Å². The first kappa shape index (κ1) is 26.6. The van der Waals surface area contributed by atoms with E-state index in [-0.39, 0.29) is 31.6 Å². The second-order valence-electron chi connectivity index (χ2n) is 8.23. The van der Waals surface area contributed by atoms with Gasteiger partial charge in [0, 0.05) is 19.4 Å². The highest BCUT2D eigenvalue weighted by Crippen LogP contribution is 2.20. The van der Waals surface area contributed by atoms with E-state index < -0.39 is 53.8 Å². The minimum atomic E-state index is -1.24. The second-order valence-corrected chi connectivity index (χ2v) is 8.23. The molecule has 12 nitrogen and oxygen atoms in total. The molecule has 0 radical (unpaired) electrons. The summed E-state index contributed by atoms with van der Waals surface area (Å²) < 4.78 is 0. The standard InChI is InChI=1S/C22H30N4O8/c1-12(22(33)34)24-19(30)16(11-13-4-6-14(27)7-5-13)25-20(31)17-3-2-10-26(17)21(32)15(23)8-9-18(28)29/h4-7,12,15-17,27H,2-3,8-11,23H2,1H3,(H,24,30)(H,25,31)(H,28,29)(H,33,34). The molecular formula is C22H30N4O8. The van der Waals surface area contributed by atoms with E-state index in [1.807, 2.05) is 0 Å². The summed E-state index contributed by atoms with van der Waals surface area (Å²) in [5.74, 6) is -4.17. The van der Waals surface area contributed by atoms with Crippen LogP contribution in [0.15, 0.2) is 24.3 Å². The molecule has 12 heteroatoms. The lowest BCUT2D eigenvalue weighted by molar-refractivity contribution is -0.143. The van der Waals surface area contributed by atoms with Gasteiger partial charge in [-0.05, 0) is 43.9 Å². The normalized spacial score (nSPS) is 17.9. The lowest BCUT2D eigenvalue weighted by atomic mass is 10.0. The van der Waals surface area contributed by atoms with Crippen molar-refractivity contribution in [2.24, 2.45) is 5.73 Å². The van der Waals surface area contributed by atoms with E-state index in [2.05, 4.69) is 10.6 Å². The molecule has 0 saturated carbocycles. The molecule has 4 unspecified atom stereocenters. The summed E-state index contributed by atoms with van der Waals surface area (Å²) in [6.07, 6.45) is 0.526. The number of benzene rings is 1. The number of hydrogen-bond acceptors (Lipinski definition) is 7. The largest absolute Gasteiger partial charge is 0.508 e. The van der Waals surface area contributed by atoms with Gasteiger partial charge in [-0.2, -0.15) is 0 Å². The Morgan fingerprint density at radius 1 is 1.12 bits per heavy atom. The van der Waals surface area contributed by atoms with Crippen LogP contribution in [-0.4, -0.2) is 80.6 Å². The van der Waals surface area contributed by atoms with Gasteiger partial charge in [0.15, 0.2) is 0 Å². The third-order valence-corrected chi connectivity index (χ3v) is 5.56. The average Bonchev–Trinajstić information content (AvgIpc) is 3.27. The Kier molecular flexibility index (Phi) is 9.36. The van der Waals surface area contributed by atoms with Gasteiger partial charge in [-0.25, -0.2) is 0 Å². The summed E-state index contributed by atoms with van der Waals surface area (Å²) in [6, 6.07) is 1.67. The number of amides is 3. The summed E-state index contributed by atoms with van der Waals surface area (Å²) in [7, 11) is 0. The fourth-order valence-corrected chi connectivity index (χ4v) is 3.64. The Labute approximate surface area is 196 Å². The molecule has 1 heterocycles. The second kappa shape index (κ2) is 12.0. The lowest BCUT2D eigenvalue weighted by Crippen LogP contribution is -2.56. The van der Waals surface area contributed by atoms with Gasteiger partial charge < -0.3 is 36.6 Å². The number of nitrogens with one attached hydrogen (secondary N) is 2. The number of aromatic hydroxyl groups is 1. The predicted octanol–water partition coefficient (Wildman–Crippen LogP) is -0.808. The van der Waals surface area contributed by atoms with E-state index in [9.17, 15) is 29.1 Å². The Balaban J connectivity index is 2.14. The molecule has 0 aliphatic carbocycles. The van der Waals surface area contributed by atoms with Gasteiger partial charge in [0.05, 0.1) is 6.04 Å². The van der Waals surface area contributed by atoms with Crippen molar-refractivity contribution < 1.29 is 39.3 Å². The maximum atomic E-state index is 13.1. The molecule has 0 aromatic heterocycles. The number of likely N-dealkylation sites (tertiary alicyclic amines) is 1. The van der Waals surface area contributed by atoms with Gasteiger partial charge in [-0.3, -0.25) is 24.0 Å². The van der Waals surface area contributed by atoms with Crippen molar-refractivity contribution >= 4 is 29.7 Å². The van der Waals surface area contributed by atoms with Gasteiger partial charge in [-0.1, -0.05) is 12.1 Å². The minimum Gasteiger partial charge on any atom is -0.508 e. The van der Waals surface area contributed by atoms with Crippen LogP contribution in [0.4, 0.5) is 0 Å². The molecule has 186 valence electrons. The van der Waals surface area contributed by atoms with Gasteiger partial charge in [0.25, 0.3) is 0 Å². The fourth-order valence-electron chi connectivity index (χ4n) is 3.64. The smallest absolute Gasteiger partial charge is 0.325 e. The summed E-state index contributed by atoms with van der Waals surface area (Å²) >= 11 is 0. The Morgan fingerprint density at radius 3 is 2.35 bits per heavy atom. The van der Waals surface area contributed by atoms with Crippen LogP contribution in [0.1, 0.15) is 38.2 Å². The zero-order valence-electron chi connectivity index (χ0n) is 18.8. The van der Waals surface area contributed by atoms with Crippen LogP contribution in [0.3, 0.4) is 0 Å². The van der Waals surface area contributed by atoms with Crippen LogP contribution in [0.2, 0.25) is 0 Å². The van der Waals surface area contributed by atoms with E-state index in [4.69, 9.17) is 15.9 Å². The SMILES string of the molecule is CC(NC(=O)C(Cc1ccc(O)cc1)NC(=O)C1CCCN1C(=O)C(N)CCC(=O)O)C(=O)O. The quantitative estimate of drug-likeness (QED) is 0.235. The Bertz CT molecular complexity index is 920. The third-order valence-electron chi connectivity index (χ3n) is 5.56. The summed E-state index contributed by atoms with van der Waals surface area (Å²) in [5, 5.41) is 32.3. The van der Waals surface area contributed by atoms with Gasteiger partial charge >= 0.3 is 11.9 Å². The maximum absolute atomic E-state index is 13.1. The monoisotopic (exact) mass is 478 g/mol. The highest BCUT2D eigenvalue weighted by Gasteiger charge is 2.37. The minimum absolute atomic E-state index is 0.0168. The molecule has 7 N–H and O–H groups in total. The van der Waals surface area contributed by atoms with Crippen LogP contribution in [0.25, 0.3) is 0 Å².